The second-order valence-corrected chi connectivity index (χ2v) is 10.3. The van der Waals surface area contributed by atoms with Gasteiger partial charge in [-0.1, -0.05) is 12.1 Å². The molecule has 1 saturated heterocycles. The molecule has 1 N–H and O–H groups in total. The van der Waals surface area contributed by atoms with E-state index in [4.69, 9.17) is 9.40 Å². The van der Waals surface area contributed by atoms with Gasteiger partial charge in [0.1, 0.15) is 5.82 Å². The van der Waals surface area contributed by atoms with Crippen molar-refractivity contribution < 1.29 is 12.8 Å². The standard InChI is InChI=1S/C22H29N7O3S/c1-5-33(30,31)29-11-10-28(14-15(29)2)19-13-24-16(3)20(25-19)22-27-26-21(32-22)18-8-6-17(7-9-18)12-23-4/h6-9,13,15,23H,5,10-12,14H2,1-4H3/t15-/m0/s1. The molecule has 176 valence electrons. The van der Waals surface area contributed by atoms with E-state index < -0.39 is 10.0 Å². The van der Waals surface area contributed by atoms with Crippen LogP contribution in [0, 0.1) is 6.92 Å². The van der Waals surface area contributed by atoms with Crippen LogP contribution in [0.5, 0.6) is 0 Å². The van der Waals surface area contributed by atoms with Crippen LogP contribution in [0.1, 0.15) is 25.1 Å². The lowest BCUT2D eigenvalue weighted by Gasteiger charge is -2.39. The highest BCUT2D eigenvalue weighted by Crippen LogP contribution is 2.27. The summed E-state index contributed by atoms with van der Waals surface area (Å²) >= 11 is 0. The monoisotopic (exact) mass is 471 g/mol. The van der Waals surface area contributed by atoms with E-state index >= 15 is 0 Å². The molecule has 2 aromatic heterocycles. The fraction of sp³-hybridized carbons (Fsp3) is 0.455. The summed E-state index contributed by atoms with van der Waals surface area (Å²) in [6.45, 7) is 7.69. The minimum atomic E-state index is -3.23. The predicted octanol–water partition coefficient (Wildman–Crippen LogP) is 2.08. The lowest BCUT2D eigenvalue weighted by molar-refractivity contribution is 0.306. The molecule has 0 spiro atoms. The summed E-state index contributed by atoms with van der Waals surface area (Å²) in [7, 11) is -1.32. The third-order valence-corrected chi connectivity index (χ3v) is 7.75. The first-order chi connectivity index (χ1) is 15.8. The minimum absolute atomic E-state index is 0.101. The molecule has 1 aliphatic heterocycles. The number of piperazine rings is 1. The van der Waals surface area contributed by atoms with Gasteiger partial charge in [-0.05, 0) is 45.5 Å². The van der Waals surface area contributed by atoms with E-state index in [0.29, 0.717) is 48.6 Å². The van der Waals surface area contributed by atoms with Crippen molar-refractivity contribution >= 4 is 15.8 Å². The van der Waals surface area contributed by atoms with E-state index in [1.807, 2.05) is 50.1 Å². The maximum atomic E-state index is 12.3. The summed E-state index contributed by atoms with van der Waals surface area (Å²) in [6, 6.07) is 7.77. The maximum absolute atomic E-state index is 12.3. The van der Waals surface area contributed by atoms with Crippen molar-refractivity contribution in [2.24, 2.45) is 0 Å². The molecule has 1 fully saturated rings. The van der Waals surface area contributed by atoms with Crippen molar-refractivity contribution in [3.63, 3.8) is 0 Å². The van der Waals surface area contributed by atoms with Gasteiger partial charge in [-0.15, -0.1) is 10.2 Å². The first kappa shape index (κ1) is 23.3. The van der Waals surface area contributed by atoms with Crippen LogP contribution in [0.2, 0.25) is 0 Å². The van der Waals surface area contributed by atoms with Crippen LogP contribution in [-0.4, -0.2) is 71.4 Å². The van der Waals surface area contributed by atoms with Crippen molar-refractivity contribution in [3.8, 4) is 23.0 Å². The van der Waals surface area contributed by atoms with E-state index in [9.17, 15) is 8.42 Å². The van der Waals surface area contributed by atoms with Crippen LogP contribution in [0.25, 0.3) is 23.0 Å². The number of hydrogen-bond acceptors (Lipinski definition) is 9. The molecule has 0 bridgehead atoms. The molecule has 11 heteroatoms. The van der Waals surface area contributed by atoms with Gasteiger partial charge in [0, 0.05) is 37.8 Å². The summed E-state index contributed by atoms with van der Waals surface area (Å²) in [5.41, 5.74) is 3.20. The highest BCUT2D eigenvalue weighted by Gasteiger charge is 2.32. The Kier molecular flexibility index (Phi) is 6.73. The van der Waals surface area contributed by atoms with Gasteiger partial charge in [0.2, 0.25) is 15.9 Å². The molecule has 0 radical (unpaired) electrons. The molecule has 3 aromatic rings. The van der Waals surface area contributed by atoms with Gasteiger partial charge in [-0.2, -0.15) is 4.31 Å². The Labute approximate surface area is 194 Å². The second-order valence-electron chi connectivity index (χ2n) is 8.11. The van der Waals surface area contributed by atoms with Gasteiger partial charge in [-0.3, -0.25) is 4.98 Å². The van der Waals surface area contributed by atoms with Gasteiger partial charge in [0.05, 0.1) is 17.6 Å². The Balaban J connectivity index is 1.55. The van der Waals surface area contributed by atoms with Gasteiger partial charge >= 0.3 is 0 Å². The fourth-order valence-electron chi connectivity index (χ4n) is 3.93. The Morgan fingerprint density at radius 1 is 1.15 bits per heavy atom. The van der Waals surface area contributed by atoms with Gasteiger partial charge in [0.15, 0.2) is 5.69 Å². The van der Waals surface area contributed by atoms with Crippen LogP contribution < -0.4 is 10.2 Å². The summed E-state index contributed by atoms with van der Waals surface area (Å²) in [5, 5.41) is 11.5. The molecule has 0 unspecified atom stereocenters. The number of hydrogen-bond donors (Lipinski definition) is 1. The minimum Gasteiger partial charge on any atom is -0.415 e. The Bertz CT molecular complexity index is 1210. The molecular weight excluding hydrogens is 442 g/mol. The van der Waals surface area contributed by atoms with E-state index in [0.717, 1.165) is 17.7 Å². The molecule has 0 aliphatic carbocycles. The highest BCUT2D eigenvalue weighted by atomic mass is 32.2. The average molecular weight is 472 g/mol. The first-order valence-electron chi connectivity index (χ1n) is 11.0. The predicted molar refractivity (Wildman–Crippen MR) is 126 cm³/mol. The van der Waals surface area contributed by atoms with Crippen molar-refractivity contribution in [3.05, 3.63) is 41.7 Å². The molecule has 0 saturated carbocycles. The molecule has 33 heavy (non-hydrogen) atoms. The number of anilines is 1. The lowest BCUT2D eigenvalue weighted by atomic mass is 10.1. The largest absolute Gasteiger partial charge is 0.415 e. The van der Waals surface area contributed by atoms with Crippen LogP contribution in [0.15, 0.2) is 34.9 Å². The number of benzene rings is 1. The van der Waals surface area contributed by atoms with Crippen LogP contribution in [0.4, 0.5) is 5.82 Å². The van der Waals surface area contributed by atoms with Gasteiger partial charge < -0.3 is 14.6 Å². The molecule has 1 aromatic carbocycles. The third-order valence-electron chi connectivity index (χ3n) is 5.76. The Morgan fingerprint density at radius 3 is 2.55 bits per heavy atom. The SMILES string of the molecule is CCS(=O)(=O)N1CCN(c2cnc(C)c(-c3nnc(-c4ccc(CNC)cc4)o3)n2)C[C@@H]1C. The second kappa shape index (κ2) is 9.54. The average Bonchev–Trinajstić information content (AvgIpc) is 3.30. The number of nitrogens with zero attached hydrogens (tertiary/aromatic N) is 6. The van der Waals surface area contributed by atoms with Crippen molar-refractivity contribution in [2.75, 3.05) is 37.3 Å². The smallest absolute Gasteiger partial charge is 0.268 e. The zero-order valence-electron chi connectivity index (χ0n) is 19.3. The highest BCUT2D eigenvalue weighted by molar-refractivity contribution is 7.89. The normalized spacial score (nSPS) is 17.5. The van der Waals surface area contributed by atoms with Crippen LogP contribution in [0.3, 0.4) is 0 Å². The maximum Gasteiger partial charge on any atom is 0.268 e. The van der Waals surface area contributed by atoms with Crippen LogP contribution in [-0.2, 0) is 16.6 Å². The number of rotatable bonds is 7. The van der Waals surface area contributed by atoms with Crippen molar-refractivity contribution in [2.45, 2.75) is 33.4 Å². The van der Waals surface area contributed by atoms with Crippen LogP contribution >= 0.6 is 0 Å². The summed E-state index contributed by atoms with van der Waals surface area (Å²) in [5.74, 6) is 1.48. The molecule has 4 rings (SSSR count). The van der Waals surface area contributed by atoms with Crippen molar-refractivity contribution in [1.29, 1.82) is 0 Å². The number of sulfonamides is 1. The number of aryl methyl sites for hydroxylation is 1. The Morgan fingerprint density at radius 2 is 1.88 bits per heavy atom. The lowest BCUT2D eigenvalue weighted by Crippen LogP contribution is -2.54. The van der Waals surface area contributed by atoms with Crippen molar-refractivity contribution in [1.82, 2.24) is 29.8 Å². The third kappa shape index (κ3) is 4.90. The van der Waals surface area contributed by atoms with E-state index in [-0.39, 0.29) is 11.8 Å². The van der Waals surface area contributed by atoms with E-state index in [1.54, 1.807) is 17.4 Å². The topological polar surface area (TPSA) is 117 Å². The van der Waals surface area contributed by atoms with Gasteiger partial charge in [-0.25, -0.2) is 13.4 Å². The quantitative estimate of drug-likeness (QED) is 0.552. The zero-order chi connectivity index (χ0) is 23.6. The molecule has 1 atom stereocenters. The molecular formula is C22H29N7O3S. The molecule has 1 aliphatic rings. The van der Waals surface area contributed by atoms with E-state index in [2.05, 4.69) is 20.5 Å². The molecule has 0 amide bonds. The number of nitrogens with one attached hydrogen (secondary N) is 1. The Hall–Kier alpha value is -2.89. The summed E-state index contributed by atoms with van der Waals surface area (Å²) in [6.07, 6.45) is 1.70. The fourth-order valence-corrected chi connectivity index (χ4v) is 5.23. The first-order valence-corrected chi connectivity index (χ1v) is 12.6. The molecule has 3 heterocycles. The summed E-state index contributed by atoms with van der Waals surface area (Å²) < 4.78 is 32.1. The molecule has 10 nitrogen and oxygen atoms in total. The van der Waals surface area contributed by atoms with E-state index in [1.165, 1.54) is 0 Å². The number of aromatic nitrogens is 4. The zero-order valence-corrected chi connectivity index (χ0v) is 20.1. The van der Waals surface area contributed by atoms with Gasteiger partial charge in [0.25, 0.3) is 5.89 Å². The summed E-state index contributed by atoms with van der Waals surface area (Å²) in [4.78, 5) is 11.3.